The highest BCUT2D eigenvalue weighted by molar-refractivity contribution is 5.79. The zero-order valence-corrected chi connectivity index (χ0v) is 15.7. The number of hydrogen-bond donors (Lipinski definition) is 0. The van der Waals surface area contributed by atoms with E-state index in [0.29, 0.717) is 23.7 Å². The molecule has 2 saturated heterocycles. The molecule has 144 valence electrons. The van der Waals surface area contributed by atoms with Gasteiger partial charge in [-0.3, -0.25) is 4.79 Å². The highest BCUT2D eigenvalue weighted by Crippen LogP contribution is 2.30. The Hall–Kier alpha value is -1.43. The van der Waals surface area contributed by atoms with Gasteiger partial charge in [0.2, 0.25) is 11.8 Å². The number of carbonyl (C=O) groups excluding carboxylic acids is 1. The molecule has 0 N–H and O–H groups in total. The van der Waals surface area contributed by atoms with E-state index >= 15 is 0 Å². The lowest BCUT2D eigenvalue weighted by Crippen LogP contribution is -2.41. The van der Waals surface area contributed by atoms with Crippen molar-refractivity contribution in [1.29, 1.82) is 0 Å². The smallest absolute Gasteiger partial charge is 0.229 e. The Morgan fingerprint density at radius 2 is 1.77 bits per heavy atom. The molecule has 3 aliphatic rings. The normalized spacial score (nSPS) is 23.6. The first-order valence-electron chi connectivity index (χ1n) is 10.5. The Balaban J connectivity index is 1.20. The molecular weight excluding hydrogens is 330 g/mol. The number of nitrogens with zero attached hydrogens (tertiary/aromatic N) is 3. The van der Waals surface area contributed by atoms with Crippen LogP contribution in [0.15, 0.2) is 4.52 Å². The molecule has 1 saturated carbocycles. The van der Waals surface area contributed by atoms with Gasteiger partial charge < -0.3 is 14.2 Å². The summed E-state index contributed by atoms with van der Waals surface area (Å²) in [6.07, 6.45) is 10.8. The minimum absolute atomic E-state index is 0.314. The van der Waals surface area contributed by atoms with Crippen LogP contribution in [0.25, 0.3) is 0 Å². The highest BCUT2D eigenvalue weighted by atomic mass is 16.5. The largest absolute Gasteiger partial charge is 0.381 e. The van der Waals surface area contributed by atoms with Crippen LogP contribution < -0.4 is 0 Å². The van der Waals surface area contributed by atoms with Crippen molar-refractivity contribution < 1.29 is 14.1 Å². The van der Waals surface area contributed by atoms with Crippen molar-refractivity contribution in [2.75, 3.05) is 26.3 Å². The fourth-order valence-electron chi connectivity index (χ4n) is 4.69. The monoisotopic (exact) mass is 361 g/mol. The molecule has 3 fully saturated rings. The van der Waals surface area contributed by atoms with Gasteiger partial charge in [0.15, 0.2) is 5.82 Å². The van der Waals surface area contributed by atoms with E-state index < -0.39 is 0 Å². The first-order valence-corrected chi connectivity index (χ1v) is 10.5. The molecule has 1 amide bonds. The van der Waals surface area contributed by atoms with Crippen LogP contribution in [0.5, 0.6) is 0 Å². The van der Waals surface area contributed by atoms with Gasteiger partial charge in [-0.2, -0.15) is 4.98 Å². The lowest BCUT2D eigenvalue weighted by Gasteiger charge is -2.33. The second-order valence-electron chi connectivity index (χ2n) is 8.22. The summed E-state index contributed by atoms with van der Waals surface area (Å²) in [7, 11) is 0. The SMILES string of the molecule is O=C(C1CCCC1)N1CCC(CCc2noc(C3CCOCC3)n2)CC1. The van der Waals surface area contributed by atoms with Crippen LogP contribution in [0, 0.1) is 11.8 Å². The Morgan fingerprint density at radius 3 is 2.50 bits per heavy atom. The number of aromatic nitrogens is 2. The van der Waals surface area contributed by atoms with Gasteiger partial charge in [0.25, 0.3) is 0 Å². The molecule has 6 heteroatoms. The molecule has 1 aromatic heterocycles. The molecule has 0 radical (unpaired) electrons. The molecule has 1 aromatic rings. The molecule has 0 aromatic carbocycles. The molecule has 0 bridgehead atoms. The summed E-state index contributed by atoms with van der Waals surface area (Å²) >= 11 is 0. The van der Waals surface area contributed by atoms with Crippen LogP contribution in [-0.4, -0.2) is 47.3 Å². The molecular formula is C20H31N3O3. The van der Waals surface area contributed by atoms with Crippen molar-refractivity contribution in [3.8, 4) is 0 Å². The Labute approximate surface area is 155 Å². The van der Waals surface area contributed by atoms with E-state index in [1.165, 1.54) is 12.8 Å². The third-order valence-corrected chi connectivity index (χ3v) is 6.46. The van der Waals surface area contributed by atoms with E-state index in [4.69, 9.17) is 9.26 Å². The van der Waals surface area contributed by atoms with Crippen molar-refractivity contribution in [2.24, 2.45) is 11.8 Å². The Morgan fingerprint density at radius 1 is 1.04 bits per heavy atom. The summed E-state index contributed by atoms with van der Waals surface area (Å²) in [6, 6.07) is 0. The van der Waals surface area contributed by atoms with Crippen molar-refractivity contribution in [3.63, 3.8) is 0 Å². The predicted octanol–water partition coefficient (Wildman–Crippen LogP) is 3.33. The minimum atomic E-state index is 0.314. The summed E-state index contributed by atoms with van der Waals surface area (Å²) in [6.45, 7) is 3.44. The number of piperidine rings is 1. The van der Waals surface area contributed by atoms with Gasteiger partial charge in [-0.1, -0.05) is 18.0 Å². The second kappa shape index (κ2) is 8.51. The first kappa shape index (κ1) is 18.0. The number of amides is 1. The zero-order valence-electron chi connectivity index (χ0n) is 15.7. The van der Waals surface area contributed by atoms with Gasteiger partial charge in [0.1, 0.15) is 0 Å². The standard InChI is InChI=1S/C20H31N3O3/c24-20(17-3-1-2-4-17)23-11-7-15(8-12-23)5-6-18-21-19(26-22-18)16-9-13-25-14-10-16/h15-17H,1-14H2. The third-order valence-electron chi connectivity index (χ3n) is 6.46. The van der Waals surface area contributed by atoms with Gasteiger partial charge in [-0.25, -0.2) is 0 Å². The van der Waals surface area contributed by atoms with Crippen LogP contribution in [0.3, 0.4) is 0 Å². The molecule has 3 heterocycles. The molecule has 0 atom stereocenters. The minimum Gasteiger partial charge on any atom is -0.381 e. The average Bonchev–Trinajstić information content (AvgIpc) is 3.39. The topological polar surface area (TPSA) is 68.5 Å². The van der Waals surface area contributed by atoms with Gasteiger partial charge in [-0.15, -0.1) is 0 Å². The summed E-state index contributed by atoms with van der Waals surface area (Å²) < 4.78 is 10.9. The lowest BCUT2D eigenvalue weighted by atomic mass is 9.91. The number of carbonyl (C=O) groups is 1. The summed E-state index contributed by atoms with van der Waals surface area (Å²) in [5.74, 6) is 3.41. The predicted molar refractivity (Wildman–Crippen MR) is 96.7 cm³/mol. The van der Waals surface area contributed by atoms with E-state index in [-0.39, 0.29) is 0 Å². The zero-order chi connectivity index (χ0) is 17.8. The molecule has 0 unspecified atom stereocenters. The first-order chi connectivity index (χ1) is 12.8. The average molecular weight is 361 g/mol. The maximum absolute atomic E-state index is 12.5. The quantitative estimate of drug-likeness (QED) is 0.805. The van der Waals surface area contributed by atoms with Crippen molar-refractivity contribution in [2.45, 2.75) is 70.1 Å². The highest BCUT2D eigenvalue weighted by Gasteiger charge is 2.30. The van der Waals surface area contributed by atoms with E-state index in [0.717, 1.165) is 89.4 Å². The summed E-state index contributed by atoms with van der Waals surface area (Å²) in [4.78, 5) is 19.3. The molecule has 6 nitrogen and oxygen atoms in total. The maximum Gasteiger partial charge on any atom is 0.229 e. The van der Waals surface area contributed by atoms with Crippen LogP contribution in [0.1, 0.15) is 75.4 Å². The summed E-state index contributed by atoms with van der Waals surface area (Å²) in [5.41, 5.74) is 0. The second-order valence-corrected chi connectivity index (χ2v) is 8.22. The Bertz CT molecular complexity index is 583. The van der Waals surface area contributed by atoms with Crippen molar-refractivity contribution in [1.82, 2.24) is 15.0 Å². The fraction of sp³-hybridized carbons (Fsp3) is 0.850. The van der Waals surface area contributed by atoms with Gasteiger partial charge in [0.05, 0.1) is 0 Å². The van der Waals surface area contributed by atoms with Crippen molar-refractivity contribution >= 4 is 5.91 Å². The number of aryl methyl sites for hydroxylation is 1. The van der Waals surface area contributed by atoms with Crippen LogP contribution in [0.2, 0.25) is 0 Å². The number of rotatable bonds is 5. The third kappa shape index (κ3) is 4.27. The summed E-state index contributed by atoms with van der Waals surface area (Å²) in [5, 5.41) is 4.18. The van der Waals surface area contributed by atoms with Gasteiger partial charge in [0, 0.05) is 44.6 Å². The van der Waals surface area contributed by atoms with Crippen LogP contribution >= 0.6 is 0 Å². The van der Waals surface area contributed by atoms with Gasteiger partial charge >= 0.3 is 0 Å². The Kier molecular flexibility index (Phi) is 5.88. The molecule has 26 heavy (non-hydrogen) atoms. The molecule has 1 aliphatic carbocycles. The lowest BCUT2D eigenvalue weighted by molar-refractivity contribution is -0.136. The molecule has 2 aliphatic heterocycles. The number of ether oxygens (including phenoxy) is 1. The maximum atomic E-state index is 12.5. The van der Waals surface area contributed by atoms with Crippen LogP contribution in [-0.2, 0) is 16.0 Å². The van der Waals surface area contributed by atoms with E-state index in [1.54, 1.807) is 0 Å². The number of hydrogen-bond acceptors (Lipinski definition) is 5. The molecule has 0 spiro atoms. The van der Waals surface area contributed by atoms with E-state index in [9.17, 15) is 4.79 Å². The molecule has 4 rings (SSSR count). The van der Waals surface area contributed by atoms with Crippen molar-refractivity contribution in [3.05, 3.63) is 11.7 Å². The van der Waals surface area contributed by atoms with Gasteiger partial charge in [-0.05, 0) is 50.9 Å². The van der Waals surface area contributed by atoms with Crippen LogP contribution in [0.4, 0.5) is 0 Å². The van der Waals surface area contributed by atoms with E-state index in [2.05, 4.69) is 15.0 Å². The fourth-order valence-corrected chi connectivity index (χ4v) is 4.69. The van der Waals surface area contributed by atoms with E-state index in [1.807, 2.05) is 0 Å². The number of likely N-dealkylation sites (tertiary alicyclic amines) is 1.